The first-order valence-corrected chi connectivity index (χ1v) is 8.70. The van der Waals surface area contributed by atoms with Gasteiger partial charge in [-0.1, -0.05) is 31.9 Å². The fourth-order valence-electron chi connectivity index (χ4n) is 4.06. The highest BCUT2D eigenvalue weighted by Gasteiger charge is 2.54. The lowest BCUT2D eigenvalue weighted by molar-refractivity contribution is 0.426. The lowest BCUT2D eigenvalue weighted by Crippen LogP contribution is -2.26. The maximum absolute atomic E-state index is 14.5. The molecule has 0 aliphatic heterocycles. The molecule has 1 N–H and O–H groups in total. The van der Waals surface area contributed by atoms with E-state index in [4.69, 9.17) is 0 Å². The Hall–Kier alpha value is -0.410. The average molecular weight is 340 g/mol. The van der Waals surface area contributed by atoms with Gasteiger partial charge in [0.2, 0.25) is 0 Å². The maximum atomic E-state index is 14.5. The normalized spacial score (nSPS) is 29.9. The second-order valence-corrected chi connectivity index (χ2v) is 7.12. The van der Waals surface area contributed by atoms with Crippen molar-refractivity contribution in [1.29, 1.82) is 0 Å². The van der Waals surface area contributed by atoms with E-state index >= 15 is 0 Å². The number of hydrogen-bond donors (Lipinski definition) is 1. The number of halogens is 2. The van der Waals surface area contributed by atoms with Gasteiger partial charge in [0.15, 0.2) is 0 Å². The molecule has 0 radical (unpaired) electrons. The van der Waals surface area contributed by atoms with E-state index in [9.17, 15) is 4.39 Å². The van der Waals surface area contributed by atoms with Gasteiger partial charge in [-0.2, -0.15) is 0 Å². The lowest BCUT2D eigenvalue weighted by Gasteiger charge is -2.21. The molecule has 2 aliphatic carbocycles. The van der Waals surface area contributed by atoms with Gasteiger partial charge >= 0.3 is 0 Å². The third-order valence-electron chi connectivity index (χ3n) is 5.04. The topological polar surface area (TPSA) is 12.0 Å². The van der Waals surface area contributed by atoms with Crippen molar-refractivity contribution >= 4 is 15.9 Å². The Kier molecular flexibility index (Phi) is 4.46. The maximum Gasteiger partial charge on any atom is 0.142 e. The third-order valence-corrected chi connectivity index (χ3v) is 5.65. The van der Waals surface area contributed by atoms with Crippen LogP contribution in [-0.4, -0.2) is 6.54 Å². The average Bonchev–Trinajstić information content (AvgIpc) is 3.18. The molecule has 3 atom stereocenters. The van der Waals surface area contributed by atoms with Gasteiger partial charge in [-0.05, 0) is 65.6 Å². The van der Waals surface area contributed by atoms with Crippen molar-refractivity contribution in [3.05, 3.63) is 34.1 Å². The quantitative estimate of drug-likeness (QED) is 0.789. The molecule has 3 rings (SSSR count). The second kappa shape index (κ2) is 6.15. The number of nitrogens with one attached hydrogen (secondary N) is 1. The van der Waals surface area contributed by atoms with Crippen LogP contribution >= 0.6 is 15.9 Å². The van der Waals surface area contributed by atoms with Crippen molar-refractivity contribution in [1.82, 2.24) is 5.32 Å². The SMILES string of the molecule is CCCNC(c1cccc(Br)c1F)C1C2CCCCC21. The highest BCUT2D eigenvalue weighted by Crippen LogP contribution is 2.60. The standard InChI is InChI=1S/C17H23BrFN/c1-2-10-20-17(13-8-5-9-14(18)16(13)19)15-11-6-3-4-7-12(11)15/h5,8-9,11-12,15,17,20H,2-4,6-7,10H2,1H3. The summed E-state index contributed by atoms with van der Waals surface area (Å²) in [4.78, 5) is 0. The number of fused-ring (bicyclic) bond motifs is 1. The monoisotopic (exact) mass is 339 g/mol. The summed E-state index contributed by atoms with van der Waals surface area (Å²) in [5.41, 5.74) is 0.854. The number of benzene rings is 1. The Labute approximate surface area is 129 Å². The van der Waals surface area contributed by atoms with Crippen molar-refractivity contribution in [2.75, 3.05) is 6.54 Å². The van der Waals surface area contributed by atoms with Gasteiger partial charge < -0.3 is 5.32 Å². The Balaban J connectivity index is 1.84. The minimum atomic E-state index is -0.0789. The molecule has 3 unspecified atom stereocenters. The zero-order valence-electron chi connectivity index (χ0n) is 12.0. The van der Waals surface area contributed by atoms with Crippen LogP contribution in [0.25, 0.3) is 0 Å². The minimum absolute atomic E-state index is 0.0789. The van der Waals surface area contributed by atoms with Gasteiger partial charge in [0, 0.05) is 11.6 Å². The molecule has 0 amide bonds. The molecular formula is C17H23BrFN. The molecular weight excluding hydrogens is 317 g/mol. The molecule has 1 aromatic rings. The van der Waals surface area contributed by atoms with Crippen LogP contribution in [0.1, 0.15) is 50.6 Å². The fourth-order valence-corrected chi connectivity index (χ4v) is 4.44. The van der Waals surface area contributed by atoms with E-state index < -0.39 is 0 Å². The lowest BCUT2D eigenvalue weighted by atomic mass is 9.99. The van der Waals surface area contributed by atoms with Gasteiger partial charge in [0.1, 0.15) is 5.82 Å². The van der Waals surface area contributed by atoms with Crippen LogP contribution < -0.4 is 5.32 Å². The van der Waals surface area contributed by atoms with Crippen molar-refractivity contribution in [2.45, 2.75) is 45.1 Å². The summed E-state index contributed by atoms with van der Waals surface area (Å²) in [6.07, 6.45) is 6.50. The molecule has 2 aliphatic rings. The summed E-state index contributed by atoms with van der Waals surface area (Å²) in [5, 5.41) is 3.61. The van der Waals surface area contributed by atoms with Gasteiger partial charge in [-0.15, -0.1) is 0 Å². The van der Waals surface area contributed by atoms with Crippen LogP contribution in [0.4, 0.5) is 4.39 Å². The van der Waals surface area contributed by atoms with Gasteiger partial charge in [-0.25, -0.2) is 4.39 Å². The van der Waals surface area contributed by atoms with Crippen molar-refractivity contribution in [3.63, 3.8) is 0 Å². The van der Waals surface area contributed by atoms with Crippen LogP contribution in [0.15, 0.2) is 22.7 Å². The zero-order chi connectivity index (χ0) is 14.1. The first-order chi connectivity index (χ1) is 9.74. The number of hydrogen-bond acceptors (Lipinski definition) is 1. The van der Waals surface area contributed by atoms with E-state index in [2.05, 4.69) is 28.2 Å². The van der Waals surface area contributed by atoms with E-state index in [1.54, 1.807) is 6.07 Å². The van der Waals surface area contributed by atoms with Crippen molar-refractivity contribution in [3.8, 4) is 0 Å². The van der Waals surface area contributed by atoms with Crippen molar-refractivity contribution in [2.24, 2.45) is 17.8 Å². The molecule has 0 spiro atoms. The van der Waals surface area contributed by atoms with E-state index in [1.807, 2.05) is 12.1 Å². The smallest absolute Gasteiger partial charge is 0.142 e. The molecule has 2 fully saturated rings. The van der Waals surface area contributed by atoms with E-state index in [0.29, 0.717) is 10.4 Å². The Bertz CT molecular complexity index is 464. The molecule has 3 heteroatoms. The first kappa shape index (κ1) is 14.5. The summed E-state index contributed by atoms with van der Waals surface area (Å²) in [6.45, 7) is 3.13. The molecule has 0 heterocycles. The Morgan fingerprint density at radius 3 is 2.65 bits per heavy atom. The van der Waals surface area contributed by atoms with Gasteiger partial charge in [0.25, 0.3) is 0 Å². The minimum Gasteiger partial charge on any atom is -0.310 e. The van der Waals surface area contributed by atoms with Crippen LogP contribution in [0, 0.1) is 23.6 Å². The molecule has 0 bridgehead atoms. The van der Waals surface area contributed by atoms with Gasteiger partial charge in [0.05, 0.1) is 4.47 Å². The molecule has 1 aromatic carbocycles. The molecule has 1 nitrogen and oxygen atoms in total. The summed E-state index contributed by atoms with van der Waals surface area (Å²) >= 11 is 3.33. The Morgan fingerprint density at radius 2 is 2.00 bits per heavy atom. The van der Waals surface area contributed by atoms with E-state index in [0.717, 1.165) is 30.4 Å². The first-order valence-electron chi connectivity index (χ1n) is 7.91. The molecule has 0 saturated heterocycles. The molecule has 2 saturated carbocycles. The largest absolute Gasteiger partial charge is 0.310 e. The van der Waals surface area contributed by atoms with Crippen LogP contribution in [0.3, 0.4) is 0 Å². The molecule has 20 heavy (non-hydrogen) atoms. The second-order valence-electron chi connectivity index (χ2n) is 6.26. The highest BCUT2D eigenvalue weighted by atomic mass is 79.9. The third kappa shape index (κ3) is 2.67. The van der Waals surface area contributed by atoms with Crippen LogP contribution in [0.5, 0.6) is 0 Å². The van der Waals surface area contributed by atoms with E-state index in [1.165, 1.54) is 25.7 Å². The summed E-state index contributed by atoms with van der Waals surface area (Å²) in [7, 11) is 0. The molecule has 0 aromatic heterocycles. The summed E-state index contributed by atoms with van der Waals surface area (Å²) < 4.78 is 15.0. The van der Waals surface area contributed by atoms with E-state index in [-0.39, 0.29) is 11.9 Å². The number of rotatable bonds is 5. The predicted octanol–water partition coefficient (Wildman–Crippen LogP) is 5.07. The highest BCUT2D eigenvalue weighted by molar-refractivity contribution is 9.10. The Morgan fingerprint density at radius 1 is 1.30 bits per heavy atom. The summed E-state index contributed by atoms with van der Waals surface area (Å²) in [5.74, 6) is 2.23. The fraction of sp³-hybridized carbons (Fsp3) is 0.647. The predicted molar refractivity (Wildman–Crippen MR) is 84.1 cm³/mol. The molecule has 110 valence electrons. The van der Waals surface area contributed by atoms with Crippen LogP contribution in [0.2, 0.25) is 0 Å². The van der Waals surface area contributed by atoms with Gasteiger partial charge in [-0.3, -0.25) is 0 Å². The summed E-state index contributed by atoms with van der Waals surface area (Å²) in [6, 6.07) is 5.89. The zero-order valence-corrected chi connectivity index (χ0v) is 13.6. The van der Waals surface area contributed by atoms with Crippen LogP contribution in [-0.2, 0) is 0 Å². The van der Waals surface area contributed by atoms with Crippen molar-refractivity contribution < 1.29 is 4.39 Å².